The summed E-state index contributed by atoms with van der Waals surface area (Å²) in [5.41, 5.74) is 2.34. The number of benzene rings is 1. The van der Waals surface area contributed by atoms with Crippen molar-refractivity contribution in [2.45, 2.75) is 13.5 Å². The molecule has 0 atom stereocenters. The van der Waals surface area contributed by atoms with Crippen molar-refractivity contribution in [1.82, 2.24) is 9.55 Å². The third-order valence-corrected chi connectivity index (χ3v) is 2.33. The molecule has 0 saturated carbocycles. The average Bonchev–Trinajstić information content (AvgIpc) is 2.65. The van der Waals surface area contributed by atoms with E-state index in [-0.39, 0.29) is 0 Å². The third kappa shape index (κ3) is 2.28. The molecule has 0 amide bonds. The van der Waals surface area contributed by atoms with Crippen LogP contribution >= 0.6 is 0 Å². The van der Waals surface area contributed by atoms with Crippen LogP contribution in [0.15, 0.2) is 36.8 Å². The molecule has 2 aromatic rings. The second-order valence-corrected chi connectivity index (χ2v) is 3.69. The minimum Gasteiger partial charge on any atom is -0.478 e. The van der Waals surface area contributed by atoms with Crippen LogP contribution in [0.2, 0.25) is 0 Å². The highest BCUT2D eigenvalue weighted by atomic mass is 16.4. The van der Waals surface area contributed by atoms with Gasteiger partial charge in [0.25, 0.3) is 0 Å². The quantitative estimate of drug-likeness (QED) is 0.853. The van der Waals surface area contributed by atoms with E-state index in [1.165, 1.54) is 0 Å². The van der Waals surface area contributed by atoms with Gasteiger partial charge in [-0.1, -0.05) is 12.1 Å². The minimum atomic E-state index is -0.898. The van der Waals surface area contributed by atoms with Crippen LogP contribution in [0.1, 0.15) is 21.6 Å². The Hall–Kier alpha value is -2.10. The number of rotatable bonds is 3. The van der Waals surface area contributed by atoms with Gasteiger partial charge >= 0.3 is 5.97 Å². The molecule has 0 aliphatic heterocycles. The molecule has 0 unspecified atom stereocenters. The molecule has 0 fully saturated rings. The highest BCUT2D eigenvalue weighted by molar-refractivity contribution is 5.87. The van der Waals surface area contributed by atoms with Crippen molar-refractivity contribution in [2.24, 2.45) is 0 Å². The molecule has 4 nitrogen and oxygen atoms in total. The van der Waals surface area contributed by atoms with Gasteiger partial charge in [-0.2, -0.15) is 0 Å². The van der Waals surface area contributed by atoms with E-state index < -0.39 is 5.97 Å². The van der Waals surface area contributed by atoms with Crippen LogP contribution in [-0.4, -0.2) is 20.6 Å². The molecule has 82 valence electrons. The van der Waals surface area contributed by atoms with Gasteiger partial charge in [0.15, 0.2) is 0 Å². The molecule has 4 heteroatoms. The number of aromatic nitrogens is 2. The van der Waals surface area contributed by atoms with Gasteiger partial charge in [0.1, 0.15) is 0 Å². The minimum absolute atomic E-state index is 0.311. The van der Waals surface area contributed by atoms with Gasteiger partial charge in [0, 0.05) is 12.7 Å². The summed E-state index contributed by atoms with van der Waals surface area (Å²) in [6.07, 6.45) is 3.71. The second-order valence-electron chi connectivity index (χ2n) is 3.69. The molecule has 1 aromatic heterocycles. The Kier molecular flexibility index (Phi) is 2.72. The van der Waals surface area contributed by atoms with Gasteiger partial charge in [0.2, 0.25) is 0 Å². The number of imidazole rings is 1. The molecule has 1 heterocycles. The van der Waals surface area contributed by atoms with Gasteiger partial charge in [-0.25, -0.2) is 9.78 Å². The maximum absolute atomic E-state index is 10.7. The van der Waals surface area contributed by atoms with Gasteiger partial charge in [-0.15, -0.1) is 0 Å². The first-order chi connectivity index (χ1) is 7.65. The Balaban J connectivity index is 2.14. The largest absolute Gasteiger partial charge is 0.478 e. The molecule has 0 spiro atoms. The van der Waals surface area contributed by atoms with Crippen LogP contribution in [0.3, 0.4) is 0 Å². The lowest BCUT2D eigenvalue weighted by molar-refractivity contribution is 0.0697. The van der Waals surface area contributed by atoms with E-state index in [4.69, 9.17) is 5.11 Å². The highest BCUT2D eigenvalue weighted by Gasteiger charge is 2.02. The summed E-state index contributed by atoms with van der Waals surface area (Å²) >= 11 is 0. The molecule has 1 aromatic carbocycles. The summed E-state index contributed by atoms with van der Waals surface area (Å²) in [4.78, 5) is 14.8. The monoisotopic (exact) mass is 216 g/mol. The average molecular weight is 216 g/mol. The van der Waals surface area contributed by atoms with E-state index in [1.807, 2.05) is 29.8 Å². The number of hydrogen-bond donors (Lipinski definition) is 1. The SMILES string of the molecule is Cc1cn(Cc2ccc(C(=O)O)cc2)cn1. The maximum Gasteiger partial charge on any atom is 0.335 e. The molecule has 0 aliphatic rings. The fourth-order valence-corrected chi connectivity index (χ4v) is 1.52. The Morgan fingerprint density at radius 3 is 2.56 bits per heavy atom. The molecule has 2 rings (SSSR count). The number of carbonyl (C=O) groups is 1. The lowest BCUT2D eigenvalue weighted by Crippen LogP contribution is -1.99. The first-order valence-corrected chi connectivity index (χ1v) is 4.96. The summed E-state index contributed by atoms with van der Waals surface area (Å²) in [5, 5.41) is 8.75. The van der Waals surface area contributed by atoms with E-state index in [1.54, 1.807) is 18.5 Å². The fourth-order valence-electron chi connectivity index (χ4n) is 1.52. The van der Waals surface area contributed by atoms with Crippen LogP contribution in [-0.2, 0) is 6.54 Å². The molecule has 16 heavy (non-hydrogen) atoms. The lowest BCUT2D eigenvalue weighted by Gasteiger charge is -2.02. The molecule has 0 radical (unpaired) electrons. The Morgan fingerprint density at radius 1 is 1.38 bits per heavy atom. The van der Waals surface area contributed by atoms with Crippen LogP contribution < -0.4 is 0 Å². The molecular weight excluding hydrogens is 204 g/mol. The summed E-state index contributed by atoms with van der Waals surface area (Å²) < 4.78 is 1.96. The number of nitrogens with zero attached hydrogens (tertiary/aromatic N) is 2. The third-order valence-electron chi connectivity index (χ3n) is 2.33. The summed E-state index contributed by atoms with van der Waals surface area (Å²) in [5.74, 6) is -0.898. The molecule has 0 saturated heterocycles. The molecule has 1 N–H and O–H groups in total. The number of carboxylic acids is 1. The van der Waals surface area contributed by atoms with E-state index in [2.05, 4.69) is 4.98 Å². The van der Waals surface area contributed by atoms with Crippen LogP contribution in [0.25, 0.3) is 0 Å². The van der Waals surface area contributed by atoms with Crippen molar-refractivity contribution in [2.75, 3.05) is 0 Å². The topological polar surface area (TPSA) is 55.1 Å². The fraction of sp³-hybridized carbons (Fsp3) is 0.167. The van der Waals surface area contributed by atoms with Crippen molar-refractivity contribution in [3.63, 3.8) is 0 Å². The lowest BCUT2D eigenvalue weighted by atomic mass is 10.1. The van der Waals surface area contributed by atoms with Gasteiger partial charge < -0.3 is 9.67 Å². The number of carboxylic acid groups (broad SMARTS) is 1. The Bertz CT molecular complexity index is 500. The number of aromatic carboxylic acids is 1. The standard InChI is InChI=1S/C12H12N2O2/c1-9-6-14(8-13-9)7-10-2-4-11(5-3-10)12(15)16/h2-6,8H,7H2,1H3,(H,15,16). The van der Waals surface area contributed by atoms with E-state index in [0.717, 1.165) is 11.3 Å². The zero-order valence-electron chi connectivity index (χ0n) is 8.92. The maximum atomic E-state index is 10.7. The van der Waals surface area contributed by atoms with Crippen LogP contribution in [0.5, 0.6) is 0 Å². The predicted octanol–water partition coefficient (Wildman–Crippen LogP) is 1.94. The van der Waals surface area contributed by atoms with Gasteiger partial charge in [-0.05, 0) is 24.6 Å². The van der Waals surface area contributed by atoms with Crippen molar-refractivity contribution < 1.29 is 9.90 Å². The molecule has 0 bridgehead atoms. The molecule has 0 aliphatic carbocycles. The Morgan fingerprint density at radius 2 is 2.06 bits per heavy atom. The smallest absolute Gasteiger partial charge is 0.335 e. The van der Waals surface area contributed by atoms with E-state index in [9.17, 15) is 4.79 Å². The number of aryl methyl sites for hydroxylation is 1. The van der Waals surface area contributed by atoms with Gasteiger partial charge in [0.05, 0.1) is 17.6 Å². The van der Waals surface area contributed by atoms with Crippen molar-refractivity contribution >= 4 is 5.97 Å². The Labute approximate surface area is 93.2 Å². The highest BCUT2D eigenvalue weighted by Crippen LogP contribution is 2.07. The zero-order valence-corrected chi connectivity index (χ0v) is 8.92. The van der Waals surface area contributed by atoms with E-state index in [0.29, 0.717) is 12.1 Å². The van der Waals surface area contributed by atoms with Crippen molar-refractivity contribution in [1.29, 1.82) is 0 Å². The van der Waals surface area contributed by atoms with Crippen molar-refractivity contribution in [3.8, 4) is 0 Å². The molecular formula is C12H12N2O2. The zero-order chi connectivity index (χ0) is 11.5. The van der Waals surface area contributed by atoms with Crippen LogP contribution in [0.4, 0.5) is 0 Å². The van der Waals surface area contributed by atoms with Crippen molar-refractivity contribution in [3.05, 3.63) is 53.6 Å². The first kappa shape index (κ1) is 10.4. The number of hydrogen-bond acceptors (Lipinski definition) is 2. The van der Waals surface area contributed by atoms with E-state index >= 15 is 0 Å². The predicted molar refractivity (Wildman–Crippen MR) is 59.5 cm³/mol. The van der Waals surface area contributed by atoms with Crippen LogP contribution in [0, 0.1) is 6.92 Å². The summed E-state index contributed by atoms with van der Waals surface area (Å²) in [6, 6.07) is 6.86. The normalized spacial score (nSPS) is 10.3. The van der Waals surface area contributed by atoms with Gasteiger partial charge in [-0.3, -0.25) is 0 Å². The summed E-state index contributed by atoms with van der Waals surface area (Å²) in [7, 11) is 0. The first-order valence-electron chi connectivity index (χ1n) is 4.96. The summed E-state index contributed by atoms with van der Waals surface area (Å²) in [6.45, 7) is 2.64. The second kappa shape index (κ2) is 4.18.